The zero-order chi connectivity index (χ0) is 21.1. The lowest BCUT2D eigenvalue weighted by molar-refractivity contribution is -0.126. The molecule has 30 heavy (non-hydrogen) atoms. The Morgan fingerprint density at radius 1 is 1.13 bits per heavy atom. The summed E-state index contributed by atoms with van der Waals surface area (Å²) in [5.74, 6) is -1.51. The van der Waals surface area contributed by atoms with Crippen LogP contribution in [0.15, 0.2) is 59.4 Å². The van der Waals surface area contributed by atoms with E-state index in [9.17, 15) is 14.4 Å². The molecule has 1 atom stereocenters. The monoisotopic (exact) mass is 423 g/mol. The Bertz CT molecular complexity index is 1160. The summed E-state index contributed by atoms with van der Waals surface area (Å²) in [6.45, 7) is 0.298. The highest BCUT2D eigenvalue weighted by molar-refractivity contribution is 6.30. The molecule has 0 bridgehead atoms. The second kappa shape index (κ2) is 8.38. The zero-order valence-electron chi connectivity index (χ0n) is 15.7. The van der Waals surface area contributed by atoms with E-state index in [1.54, 1.807) is 24.3 Å². The second-order valence-corrected chi connectivity index (χ2v) is 7.26. The molecule has 0 saturated carbocycles. The standard InChI is InChI=1S/C21H18ClN5O3/c22-13-7-4-8-14(9-13)24-21-26-18-17(20(30)27-21)15(10-16(28)25-18)19(29)23-11-12-5-2-1-3-6-12/h1-9,15H,10-11H2,(H,23,29)(H3,24,25,26,27,28,30)/t15-/m0/s1. The van der Waals surface area contributed by atoms with Crippen LogP contribution in [0.4, 0.5) is 17.5 Å². The number of fused-ring (bicyclic) bond motifs is 1. The highest BCUT2D eigenvalue weighted by Gasteiger charge is 2.34. The van der Waals surface area contributed by atoms with Crippen molar-refractivity contribution in [1.29, 1.82) is 0 Å². The van der Waals surface area contributed by atoms with E-state index < -0.39 is 17.4 Å². The summed E-state index contributed by atoms with van der Waals surface area (Å²) in [7, 11) is 0. The first kappa shape index (κ1) is 19.7. The fraction of sp³-hybridized carbons (Fsp3) is 0.143. The molecule has 1 aromatic heterocycles. The largest absolute Gasteiger partial charge is 0.351 e. The van der Waals surface area contributed by atoms with Crippen LogP contribution < -0.4 is 21.5 Å². The topological polar surface area (TPSA) is 116 Å². The molecule has 9 heteroatoms. The predicted octanol–water partition coefficient (Wildman–Crippen LogP) is 2.91. The summed E-state index contributed by atoms with van der Waals surface area (Å²) in [6, 6.07) is 16.3. The van der Waals surface area contributed by atoms with Crippen molar-refractivity contribution in [2.24, 2.45) is 0 Å². The minimum Gasteiger partial charge on any atom is -0.351 e. The summed E-state index contributed by atoms with van der Waals surface area (Å²) >= 11 is 5.97. The first-order valence-corrected chi connectivity index (χ1v) is 9.65. The number of carbonyl (C=O) groups excluding carboxylic acids is 2. The second-order valence-electron chi connectivity index (χ2n) is 6.82. The number of H-pyrrole nitrogens is 1. The zero-order valence-corrected chi connectivity index (χ0v) is 16.5. The molecule has 4 rings (SSSR count). The number of nitrogens with one attached hydrogen (secondary N) is 4. The van der Waals surface area contributed by atoms with Crippen LogP contribution in [0.2, 0.25) is 5.02 Å². The first-order chi connectivity index (χ1) is 14.5. The third-order valence-electron chi connectivity index (χ3n) is 4.66. The summed E-state index contributed by atoms with van der Waals surface area (Å²) in [5.41, 5.74) is 1.17. The Kier molecular flexibility index (Phi) is 5.49. The summed E-state index contributed by atoms with van der Waals surface area (Å²) in [6.07, 6.45) is -0.126. The normalized spacial score (nSPS) is 15.1. The van der Waals surface area contributed by atoms with Crippen LogP contribution in [0.25, 0.3) is 0 Å². The molecule has 0 saturated heterocycles. The van der Waals surface area contributed by atoms with E-state index in [2.05, 4.69) is 25.9 Å². The molecular formula is C21H18ClN5O3. The van der Waals surface area contributed by atoms with Gasteiger partial charge < -0.3 is 16.0 Å². The maximum Gasteiger partial charge on any atom is 0.258 e. The third kappa shape index (κ3) is 4.33. The van der Waals surface area contributed by atoms with Crippen LogP contribution in [0.3, 0.4) is 0 Å². The molecule has 0 fully saturated rings. The van der Waals surface area contributed by atoms with Gasteiger partial charge in [0.1, 0.15) is 5.82 Å². The van der Waals surface area contributed by atoms with Crippen molar-refractivity contribution < 1.29 is 9.59 Å². The Hall–Kier alpha value is -3.65. The van der Waals surface area contributed by atoms with E-state index >= 15 is 0 Å². The molecule has 3 aromatic rings. The van der Waals surface area contributed by atoms with Gasteiger partial charge in [0.05, 0.1) is 11.5 Å². The highest BCUT2D eigenvalue weighted by Crippen LogP contribution is 2.29. The van der Waals surface area contributed by atoms with Gasteiger partial charge in [-0.25, -0.2) is 0 Å². The van der Waals surface area contributed by atoms with Gasteiger partial charge in [0, 0.05) is 23.7 Å². The number of nitrogens with zero attached hydrogens (tertiary/aromatic N) is 1. The van der Waals surface area contributed by atoms with Gasteiger partial charge in [-0.3, -0.25) is 19.4 Å². The maximum atomic E-state index is 12.7. The summed E-state index contributed by atoms with van der Waals surface area (Å²) in [4.78, 5) is 44.6. The van der Waals surface area contributed by atoms with Crippen LogP contribution in [-0.2, 0) is 16.1 Å². The van der Waals surface area contributed by atoms with Crippen molar-refractivity contribution >= 4 is 40.9 Å². The van der Waals surface area contributed by atoms with Gasteiger partial charge >= 0.3 is 0 Å². The SMILES string of the molecule is O=C1C[C@H](C(=O)NCc2ccccc2)c2c(nc(Nc3cccc(Cl)c3)[nH]c2=O)N1. The molecule has 1 aliphatic rings. The van der Waals surface area contributed by atoms with Crippen molar-refractivity contribution in [3.8, 4) is 0 Å². The van der Waals surface area contributed by atoms with Crippen molar-refractivity contribution in [3.05, 3.63) is 81.1 Å². The maximum absolute atomic E-state index is 12.7. The van der Waals surface area contributed by atoms with Crippen molar-refractivity contribution in [1.82, 2.24) is 15.3 Å². The molecule has 2 heterocycles. The van der Waals surface area contributed by atoms with E-state index in [1.807, 2.05) is 30.3 Å². The predicted molar refractivity (Wildman–Crippen MR) is 114 cm³/mol. The van der Waals surface area contributed by atoms with E-state index in [-0.39, 0.29) is 29.7 Å². The summed E-state index contributed by atoms with van der Waals surface area (Å²) in [5, 5.41) is 8.82. The molecule has 8 nitrogen and oxygen atoms in total. The number of aromatic nitrogens is 2. The molecular weight excluding hydrogens is 406 g/mol. The fourth-order valence-electron chi connectivity index (χ4n) is 3.27. The molecule has 0 radical (unpaired) electrons. The molecule has 0 unspecified atom stereocenters. The van der Waals surface area contributed by atoms with E-state index in [0.29, 0.717) is 17.3 Å². The van der Waals surface area contributed by atoms with Gasteiger partial charge in [-0.15, -0.1) is 0 Å². The van der Waals surface area contributed by atoms with Crippen LogP contribution in [0, 0.1) is 0 Å². The van der Waals surface area contributed by atoms with Gasteiger partial charge in [0.25, 0.3) is 5.56 Å². The Morgan fingerprint density at radius 2 is 1.93 bits per heavy atom. The van der Waals surface area contributed by atoms with Gasteiger partial charge in [0.15, 0.2) is 0 Å². The first-order valence-electron chi connectivity index (χ1n) is 9.28. The molecule has 4 N–H and O–H groups in total. The fourth-order valence-corrected chi connectivity index (χ4v) is 3.46. The van der Waals surface area contributed by atoms with E-state index in [1.165, 1.54) is 0 Å². The Morgan fingerprint density at radius 3 is 2.70 bits per heavy atom. The van der Waals surface area contributed by atoms with Crippen LogP contribution >= 0.6 is 11.6 Å². The van der Waals surface area contributed by atoms with Gasteiger partial charge in [-0.05, 0) is 23.8 Å². The minimum atomic E-state index is -0.922. The molecule has 152 valence electrons. The van der Waals surface area contributed by atoms with Crippen molar-refractivity contribution in [2.75, 3.05) is 10.6 Å². The quantitative estimate of drug-likeness (QED) is 0.503. The highest BCUT2D eigenvalue weighted by atomic mass is 35.5. The number of halogens is 1. The van der Waals surface area contributed by atoms with Crippen LogP contribution in [0.1, 0.15) is 23.5 Å². The molecule has 0 spiro atoms. The average molecular weight is 424 g/mol. The number of hydrogen-bond donors (Lipinski definition) is 4. The lowest BCUT2D eigenvalue weighted by atomic mass is 9.92. The lowest BCUT2D eigenvalue weighted by Crippen LogP contribution is -2.39. The van der Waals surface area contributed by atoms with Crippen LogP contribution in [0.5, 0.6) is 0 Å². The van der Waals surface area contributed by atoms with Gasteiger partial charge in [-0.2, -0.15) is 4.98 Å². The Balaban J connectivity index is 1.58. The molecule has 0 aliphatic carbocycles. The van der Waals surface area contributed by atoms with Crippen LogP contribution in [-0.4, -0.2) is 21.8 Å². The third-order valence-corrected chi connectivity index (χ3v) is 4.90. The van der Waals surface area contributed by atoms with E-state index in [4.69, 9.17) is 11.6 Å². The number of rotatable bonds is 5. The Labute approximate surface area is 176 Å². The average Bonchev–Trinajstić information content (AvgIpc) is 2.72. The number of anilines is 3. The molecule has 2 amide bonds. The number of hydrogen-bond acceptors (Lipinski definition) is 5. The molecule has 1 aliphatic heterocycles. The smallest absolute Gasteiger partial charge is 0.258 e. The lowest BCUT2D eigenvalue weighted by Gasteiger charge is -2.23. The number of amides is 2. The number of carbonyl (C=O) groups is 2. The van der Waals surface area contributed by atoms with Gasteiger partial charge in [0.2, 0.25) is 17.8 Å². The number of benzene rings is 2. The van der Waals surface area contributed by atoms with Gasteiger partial charge in [-0.1, -0.05) is 48.0 Å². The summed E-state index contributed by atoms with van der Waals surface area (Å²) < 4.78 is 0. The molecule has 2 aromatic carbocycles. The minimum absolute atomic E-state index is 0.0689. The van der Waals surface area contributed by atoms with E-state index in [0.717, 1.165) is 5.56 Å². The van der Waals surface area contributed by atoms with Crippen molar-refractivity contribution in [3.63, 3.8) is 0 Å². The number of aromatic amines is 1. The van der Waals surface area contributed by atoms with Crippen molar-refractivity contribution in [2.45, 2.75) is 18.9 Å².